The zero-order valence-corrected chi connectivity index (χ0v) is 13.7. The van der Waals surface area contributed by atoms with E-state index < -0.39 is 7.12 Å². The summed E-state index contributed by atoms with van der Waals surface area (Å²) < 4.78 is 13.7. The van der Waals surface area contributed by atoms with Crippen molar-refractivity contribution < 1.29 is 9.31 Å². The molecule has 0 unspecified atom stereocenters. The van der Waals surface area contributed by atoms with E-state index >= 15 is 0 Å². The zero-order valence-electron chi connectivity index (χ0n) is 13.7. The van der Waals surface area contributed by atoms with E-state index in [1.165, 1.54) is 0 Å². The van der Waals surface area contributed by atoms with Gasteiger partial charge in [0.2, 0.25) is 0 Å². The number of hydrogen-bond donors (Lipinski definition) is 0. The maximum absolute atomic E-state index is 12.3. The molecule has 0 aliphatic carbocycles. The highest BCUT2D eigenvalue weighted by Gasteiger charge is 2.51. The quantitative estimate of drug-likeness (QED) is 0.792. The third-order valence-electron chi connectivity index (χ3n) is 4.72. The molecule has 0 radical (unpaired) electrons. The molecule has 0 saturated carbocycles. The summed E-state index contributed by atoms with van der Waals surface area (Å²) in [7, 11) is -0.440. The number of nitrogens with zero attached hydrogens (tertiary/aromatic N) is 2. The molecular formula is C16H21BN2O3. The van der Waals surface area contributed by atoms with Crippen molar-refractivity contribution in [3.05, 3.63) is 34.9 Å². The van der Waals surface area contributed by atoms with Gasteiger partial charge in [-0.3, -0.25) is 9.36 Å². The standard InChI is InChI=1S/C16H21BN2O3/c1-6-19-10-18-13-9-11(7-8-12(13)14(19)20)17-21-15(2,3)16(4,5)22-17/h7-10H,6H2,1-5H3. The van der Waals surface area contributed by atoms with Crippen LogP contribution in [0.15, 0.2) is 29.3 Å². The van der Waals surface area contributed by atoms with Crippen LogP contribution in [0.1, 0.15) is 34.6 Å². The predicted octanol–water partition coefficient (Wildman–Crippen LogP) is 1.72. The van der Waals surface area contributed by atoms with Gasteiger partial charge >= 0.3 is 7.12 Å². The normalized spacial score (nSPS) is 19.8. The lowest BCUT2D eigenvalue weighted by Gasteiger charge is -2.32. The summed E-state index contributed by atoms with van der Waals surface area (Å²) in [5.41, 5.74) is 0.763. The summed E-state index contributed by atoms with van der Waals surface area (Å²) in [6.07, 6.45) is 1.58. The van der Waals surface area contributed by atoms with E-state index in [1.54, 1.807) is 17.0 Å². The van der Waals surface area contributed by atoms with Crippen LogP contribution in [0.3, 0.4) is 0 Å². The fourth-order valence-electron chi connectivity index (χ4n) is 2.53. The Morgan fingerprint density at radius 2 is 1.82 bits per heavy atom. The number of aromatic nitrogens is 2. The molecule has 5 nitrogen and oxygen atoms in total. The minimum absolute atomic E-state index is 0.0204. The lowest BCUT2D eigenvalue weighted by molar-refractivity contribution is 0.00578. The molecule has 116 valence electrons. The van der Waals surface area contributed by atoms with Gasteiger partial charge in [0.25, 0.3) is 5.56 Å². The SMILES string of the molecule is CCn1cnc2cc(B3OC(C)(C)C(C)(C)O3)ccc2c1=O. The molecule has 0 N–H and O–H groups in total. The second-order valence-corrected chi connectivity index (χ2v) is 6.70. The zero-order chi connectivity index (χ0) is 16.1. The van der Waals surface area contributed by atoms with Gasteiger partial charge in [0, 0.05) is 6.54 Å². The monoisotopic (exact) mass is 300 g/mol. The lowest BCUT2D eigenvalue weighted by Crippen LogP contribution is -2.41. The number of benzene rings is 1. The minimum Gasteiger partial charge on any atom is -0.399 e. The molecular weight excluding hydrogens is 279 g/mol. The van der Waals surface area contributed by atoms with Gasteiger partial charge in [-0.25, -0.2) is 4.98 Å². The highest BCUT2D eigenvalue weighted by molar-refractivity contribution is 6.62. The van der Waals surface area contributed by atoms with Gasteiger partial charge in [-0.15, -0.1) is 0 Å². The molecule has 3 rings (SSSR count). The Hall–Kier alpha value is -1.66. The molecule has 1 aromatic carbocycles. The van der Waals surface area contributed by atoms with Crippen molar-refractivity contribution in [3.63, 3.8) is 0 Å². The molecule has 0 bridgehead atoms. The molecule has 0 spiro atoms. The molecule has 2 aromatic rings. The fourth-order valence-corrected chi connectivity index (χ4v) is 2.53. The summed E-state index contributed by atoms with van der Waals surface area (Å²) in [4.78, 5) is 16.6. The van der Waals surface area contributed by atoms with Crippen molar-refractivity contribution in [2.75, 3.05) is 0 Å². The Kier molecular flexibility index (Phi) is 3.42. The first-order valence-electron chi connectivity index (χ1n) is 7.60. The summed E-state index contributed by atoms with van der Waals surface area (Å²) in [5.74, 6) is 0. The molecule has 1 saturated heterocycles. The molecule has 1 aromatic heterocycles. The highest BCUT2D eigenvalue weighted by atomic mass is 16.7. The van der Waals surface area contributed by atoms with Gasteiger partial charge < -0.3 is 9.31 Å². The van der Waals surface area contributed by atoms with Crippen LogP contribution in [0.5, 0.6) is 0 Å². The molecule has 1 aliphatic heterocycles. The van der Waals surface area contributed by atoms with Crippen LogP contribution in [0.2, 0.25) is 0 Å². The maximum atomic E-state index is 12.3. The molecule has 1 fully saturated rings. The van der Waals surface area contributed by atoms with E-state index in [0.29, 0.717) is 17.4 Å². The predicted molar refractivity (Wildman–Crippen MR) is 87.4 cm³/mol. The first kappa shape index (κ1) is 15.2. The molecule has 0 amide bonds. The third-order valence-corrected chi connectivity index (χ3v) is 4.72. The number of aryl methyl sites for hydroxylation is 1. The number of rotatable bonds is 2. The molecule has 6 heteroatoms. The van der Waals surface area contributed by atoms with E-state index in [-0.39, 0.29) is 16.8 Å². The van der Waals surface area contributed by atoms with Crippen LogP contribution in [-0.2, 0) is 15.9 Å². The van der Waals surface area contributed by atoms with Crippen LogP contribution >= 0.6 is 0 Å². The maximum Gasteiger partial charge on any atom is 0.494 e. The van der Waals surface area contributed by atoms with Crippen LogP contribution in [-0.4, -0.2) is 27.9 Å². The van der Waals surface area contributed by atoms with Gasteiger partial charge in [-0.2, -0.15) is 0 Å². The van der Waals surface area contributed by atoms with E-state index in [2.05, 4.69) is 4.98 Å². The Bertz CT molecular complexity index is 767. The topological polar surface area (TPSA) is 53.4 Å². The average Bonchev–Trinajstić information content (AvgIpc) is 2.67. The van der Waals surface area contributed by atoms with Crippen molar-refractivity contribution in [2.24, 2.45) is 0 Å². The smallest absolute Gasteiger partial charge is 0.399 e. The summed E-state index contributed by atoms with van der Waals surface area (Å²) in [5, 5.41) is 0.615. The summed E-state index contributed by atoms with van der Waals surface area (Å²) >= 11 is 0. The van der Waals surface area contributed by atoms with Gasteiger partial charge in [0.05, 0.1) is 28.4 Å². The van der Waals surface area contributed by atoms with E-state index in [9.17, 15) is 4.79 Å². The molecule has 22 heavy (non-hydrogen) atoms. The largest absolute Gasteiger partial charge is 0.494 e. The van der Waals surface area contributed by atoms with Crippen LogP contribution in [0.25, 0.3) is 10.9 Å². The van der Waals surface area contributed by atoms with Crippen molar-refractivity contribution in [1.82, 2.24) is 9.55 Å². The van der Waals surface area contributed by atoms with Crippen LogP contribution < -0.4 is 11.0 Å². The molecule has 2 heterocycles. The minimum atomic E-state index is -0.440. The van der Waals surface area contributed by atoms with E-state index in [4.69, 9.17) is 9.31 Å². The Morgan fingerprint density at radius 1 is 1.18 bits per heavy atom. The molecule has 0 atom stereocenters. The Labute approximate surface area is 130 Å². The van der Waals surface area contributed by atoms with Crippen molar-refractivity contribution in [2.45, 2.75) is 52.4 Å². The first-order chi connectivity index (χ1) is 10.2. The van der Waals surface area contributed by atoms with Crippen LogP contribution in [0.4, 0.5) is 0 Å². The van der Waals surface area contributed by atoms with E-state index in [1.807, 2.05) is 46.8 Å². The van der Waals surface area contributed by atoms with Gasteiger partial charge in [-0.05, 0) is 52.2 Å². The van der Waals surface area contributed by atoms with Crippen LogP contribution in [0, 0.1) is 0 Å². The second kappa shape index (κ2) is 4.93. The first-order valence-corrected chi connectivity index (χ1v) is 7.60. The lowest BCUT2D eigenvalue weighted by atomic mass is 9.79. The number of hydrogen-bond acceptors (Lipinski definition) is 4. The van der Waals surface area contributed by atoms with E-state index in [0.717, 1.165) is 5.46 Å². The fraction of sp³-hybridized carbons (Fsp3) is 0.500. The Morgan fingerprint density at radius 3 is 2.41 bits per heavy atom. The second-order valence-electron chi connectivity index (χ2n) is 6.70. The van der Waals surface area contributed by atoms with Crippen molar-refractivity contribution in [1.29, 1.82) is 0 Å². The average molecular weight is 300 g/mol. The molecule has 1 aliphatic rings. The van der Waals surface area contributed by atoms with Crippen molar-refractivity contribution in [3.8, 4) is 0 Å². The highest BCUT2D eigenvalue weighted by Crippen LogP contribution is 2.36. The van der Waals surface area contributed by atoms with Gasteiger partial charge in [0.15, 0.2) is 0 Å². The van der Waals surface area contributed by atoms with Crippen molar-refractivity contribution >= 4 is 23.5 Å². The Balaban J connectivity index is 2.03. The summed E-state index contributed by atoms with van der Waals surface area (Å²) in [6.45, 7) is 10.6. The van der Waals surface area contributed by atoms with Gasteiger partial charge in [-0.1, -0.05) is 6.07 Å². The van der Waals surface area contributed by atoms with Gasteiger partial charge in [0.1, 0.15) is 0 Å². The third kappa shape index (κ3) is 2.27. The summed E-state index contributed by atoms with van der Waals surface area (Å²) in [6, 6.07) is 5.56. The number of fused-ring (bicyclic) bond motifs is 1.